The second kappa shape index (κ2) is 12.8. The summed E-state index contributed by atoms with van der Waals surface area (Å²) in [6.45, 7) is 4.86. The van der Waals surface area contributed by atoms with Gasteiger partial charge in [0.2, 0.25) is 0 Å². The fourth-order valence-electron chi connectivity index (χ4n) is 12.1. The zero-order valence-corrected chi connectivity index (χ0v) is 36.3. The third-order valence-electron chi connectivity index (χ3n) is 14.9. The lowest BCUT2D eigenvalue weighted by molar-refractivity contribution is 0.666. The Morgan fingerprint density at radius 2 is 1.03 bits per heavy atom. The highest BCUT2D eigenvalue weighted by Crippen LogP contribution is 2.55. The molecule has 308 valence electrons. The van der Waals surface area contributed by atoms with Gasteiger partial charge in [-0.2, -0.15) is 0 Å². The Morgan fingerprint density at radius 3 is 1.80 bits per heavy atom. The van der Waals surface area contributed by atoms with Crippen molar-refractivity contribution in [2.45, 2.75) is 19.3 Å². The lowest BCUT2D eigenvalue weighted by atomic mass is 9.78. The summed E-state index contributed by atoms with van der Waals surface area (Å²) in [7, 11) is 0. The molecule has 4 aromatic heterocycles. The Kier molecular flexibility index (Phi) is 6.99. The normalized spacial score (nSPS) is 13.4. The topological polar surface area (TPSA) is 35.9 Å². The fraction of sp³-hybridized carbons (Fsp3) is 0.0484. The second-order valence-corrected chi connectivity index (χ2v) is 18.7. The highest BCUT2D eigenvalue weighted by Gasteiger charge is 2.38. The molecular formula is C62H39N3O. The molecule has 0 N–H and O–H groups in total. The van der Waals surface area contributed by atoms with Gasteiger partial charge in [-0.3, -0.25) is 4.98 Å². The van der Waals surface area contributed by atoms with Crippen molar-refractivity contribution in [1.82, 2.24) is 14.1 Å². The predicted molar refractivity (Wildman–Crippen MR) is 276 cm³/mol. The average Bonchev–Trinajstić information content (AvgIpc) is 4.08. The third kappa shape index (κ3) is 4.65. The van der Waals surface area contributed by atoms with E-state index in [-0.39, 0.29) is 5.41 Å². The number of aromatic nitrogens is 3. The molecular weight excluding hydrogens is 803 g/mol. The molecule has 66 heavy (non-hydrogen) atoms. The maximum Gasteiger partial charge on any atom is 0.159 e. The van der Waals surface area contributed by atoms with Gasteiger partial charge >= 0.3 is 0 Å². The molecule has 0 saturated heterocycles. The first-order chi connectivity index (χ1) is 32.5. The van der Waals surface area contributed by atoms with Crippen LogP contribution in [-0.2, 0) is 5.41 Å². The van der Waals surface area contributed by atoms with E-state index in [2.05, 4.69) is 210 Å². The molecule has 14 aromatic rings. The molecule has 0 amide bonds. The molecule has 10 aromatic carbocycles. The van der Waals surface area contributed by atoms with Gasteiger partial charge in [0.1, 0.15) is 5.58 Å². The molecule has 0 fully saturated rings. The van der Waals surface area contributed by atoms with Gasteiger partial charge in [0.15, 0.2) is 5.58 Å². The average molecular weight is 842 g/mol. The van der Waals surface area contributed by atoms with Gasteiger partial charge in [0.05, 0.1) is 27.8 Å². The molecule has 15 rings (SSSR count). The van der Waals surface area contributed by atoms with E-state index in [0.717, 1.165) is 66.2 Å². The van der Waals surface area contributed by atoms with E-state index in [1.165, 1.54) is 76.4 Å². The first-order valence-corrected chi connectivity index (χ1v) is 22.9. The van der Waals surface area contributed by atoms with Crippen molar-refractivity contribution >= 4 is 97.9 Å². The van der Waals surface area contributed by atoms with Gasteiger partial charge in [-0.1, -0.05) is 147 Å². The minimum Gasteiger partial charge on any atom is -0.454 e. The molecule has 4 nitrogen and oxygen atoms in total. The Morgan fingerprint density at radius 1 is 0.424 bits per heavy atom. The summed E-state index contributed by atoms with van der Waals surface area (Å²) >= 11 is 0. The number of hydrogen-bond donors (Lipinski definition) is 0. The summed E-state index contributed by atoms with van der Waals surface area (Å²) in [5.41, 5.74) is 16.0. The number of pyridine rings is 1. The Balaban J connectivity index is 0.965. The standard InChI is InChI=1S/C62H39N3O/c1-62(2)52-33-50-42-25-23-36(37-24-26-43-51-35-63-30-29-53(51)65(56(43)32-37)54-21-12-20-48-44-18-10-11-22-58(44)66-61(48)54)31-55(42)64(38-13-4-3-5-14-38)57(50)34-49(52)47-28-27-46-41-17-7-6-15-39(41)40-16-8-9-19-45(40)59(46)60(47)62/h3-35H,1-2H3. The first kappa shape index (κ1) is 35.9. The Labute approximate surface area is 379 Å². The zero-order valence-electron chi connectivity index (χ0n) is 36.3. The summed E-state index contributed by atoms with van der Waals surface area (Å²) in [5, 5.41) is 14.9. The minimum atomic E-state index is -0.235. The lowest BCUT2D eigenvalue weighted by Gasteiger charge is -2.25. The van der Waals surface area contributed by atoms with E-state index in [9.17, 15) is 0 Å². The molecule has 0 atom stereocenters. The van der Waals surface area contributed by atoms with Crippen molar-refractivity contribution in [3.8, 4) is 33.6 Å². The van der Waals surface area contributed by atoms with Crippen molar-refractivity contribution in [3.63, 3.8) is 0 Å². The van der Waals surface area contributed by atoms with Crippen LogP contribution in [0.2, 0.25) is 0 Å². The third-order valence-corrected chi connectivity index (χ3v) is 14.9. The minimum absolute atomic E-state index is 0.235. The van der Waals surface area contributed by atoms with Crippen molar-refractivity contribution in [2.75, 3.05) is 0 Å². The highest BCUT2D eigenvalue weighted by atomic mass is 16.3. The van der Waals surface area contributed by atoms with Gasteiger partial charge in [0, 0.05) is 55.8 Å². The van der Waals surface area contributed by atoms with Crippen LogP contribution < -0.4 is 0 Å². The molecule has 1 aliphatic carbocycles. The van der Waals surface area contributed by atoms with Crippen molar-refractivity contribution in [2.24, 2.45) is 0 Å². The van der Waals surface area contributed by atoms with E-state index < -0.39 is 0 Å². The van der Waals surface area contributed by atoms with Gasteiger partial charge in [-0.15, -0.1) is 0 Å². The molecule has 0 aliphatic heterocycles. The lowest BCUT2D eigenvalue weighted by Crippen LogP contribution is -2.15. The summed E-state index contributed by atoms with van der Waals surface area (Å²) in [5.74, 6) is 0. The van der Waals surface area contributed by atoms with Gasteiger partial charge < -0.3 is 13.6 Å². The number of para-hydroxylation sites is 3. The SMILES string of the molecule is CC1(C)c2cc3c4ccc(-c5ccc6c7cnccc7n(-c7cccc8c7oc7ccccc78)c6c5)cc4n(-c4ccccc4)c3cc2-c2ccc3c4ccccc4c4ccccc4c3c21. The Hall–Kier alpha value is -8.47. The monoisotopic (exact) mass is 841 g/mol. The molecule has 0 bridgehead atoms. The zero-order chi connectivity index (χ0) is 43.4. The smallest absolute Gasteiger partial charge is 0.159 e. The summed E-state index contributed by atoms with van der Waals surface area (Å²) in [6.07, 6.45) is 3.87. The number of fused-ring (bicyclic) bond motifs is 19. The van der Waals surface area contributed by atoms with Crippen LogP contribution in [-0.4, -0.2) is 14.1 Å². The number of furan rings is 1. The van der Waals surface area contributed by atoms with Crippen molar-refractivity contribution in [1.29, 1.82) is 0 Å². The van der Waals surface area contributed by atoms with Gasteiger partial charge in [-0.25, -0.2) is 0 Å². The van der Waals surface area contributed by atoms with Gasteiger partial charge in [-0.05, 0) is 120 Å². The van der Waals surface area contributed by atoms with Crippen LogP contribution in [0.5, 0.6) is 0 Å². The number of rotatable bonds is 3. The number of nitrogens with zero attached hydrogens (tertiary/aromatic N) is 3. The van der Waals surface area contributed by atoms with Crippen LogP contribution in [0.3, 0.4) is 0 Å². The van der Waals surface area contributed by atoms with Crippen LogP contribution in [0.15, 0.2) is 205 Å². The summed E-state index contributed by atoms with van der Waals surface area (Å²) < 4.78 is 11.5. The van der Waals surface area contributed by atoms with Crippen LogP contribution in [0, 0.1) is 0 Å². The highest BCUT2D eigenvalue weighted by molar-refractivity contribution is 6.28. The van der Waals surface area contributed by atoms with Crippen LogP contribution in [0.25, 0.3) is 131 Å². The molecule has 1 aliphatic rings. The van der Waals surface area contributed by atoms with E-state index >= 15 is 0 Å². The number of benzene rings is 10. The van der Waals surface area contributed by atoms with E-state index in [4.69, 9.17) is 4.42 Å². The van der Waals surface area contributed by atoms with Crippen LogP contribution in [0.4, 0.5) is 0 Å². The quantitative estimate of drug-likeness (QED) is 0.166. The van der Waals surface area contributed by atoms with Crippen molar-refractivity contribution in [3.05, 3.63) is 212 Å². The molecule has 0 radical (unpaired) electrons. The molecule has 4 heteroatoms. The molecule has 4 heterocycles. The summed E-state index contributed by atoms with van der Waals surface area (Å²) in [4.78, 5) is 4.58. The largest absolute Gasteiger partial charge is 0.454 e. The maximum absolute atomic E-state index is 6.63. The van der Waals surface area contributed by atoms with Crippen LogP contribution >= 0.6 is 0 Å². The summed E-state index contributed by atoms with van der Waals surface area (Å²) in [6, 6.07) is 69.4. The second-order valence-electron chi connectivity index (χ2n) is 18.7. The maximum atomic E-state index is 6.63. The van der Waals surface area contributed by atoms with Crippen molar-refractivity contribution < 1.29 is 4.42 Å². The van der Waals surface area contributed by atoms with Gasteiger partial charge in [0.25, 0.3) is 0 Å². The molecule has 0 spiro atoms. The fourth-order valence-corrected chi connectivity index (χ4v) is 12.1. The van der Waals surface area contributed by atoms with E-state index in [1.54, 1.807) is 0 Å². The Bertz CT molecular complexity index is 4390. The van der Waals surface area contributed by atoms with E-state index in [0.29, 0.717) is 0 Å². The number of hydrogen-bond acceptors (Lipinski definition) is 2. The van der Waals surface area contributed by atoms with E-state index in [1.807, 2.05) is 18.5 Å². The molecule has 0 saturated carbocycles. The predicted octanol–water partition coefficient (Wildman–Crippen LogP) is 16.6. The van der Waals surface area contributed by atoms with Crippen LogP contribution in [0.1, 0.15) is 25.0 Å². The molecule has 0 unspecified atom stereocenters. The first-order valence-electron chi connectivity index (χ1n) is 22.9.